The maximum Gasteiger partial charge on any atom is 0.230 e. The number of hydrogen-bond acceptors (Lipinski definition) is 5. The first-order chi connectivity index (χ1) is 6.33. The molecule has 0 radical (unpaired) electrons. The van der Waals surface area contributed by atoms with Gasteiger partial charge in [-0.25, -0.2) is 0 Å². The van der Waals surface area contributed by atoms with E-state index in [-0.39, 0.29) is 0 Å². The van der Waals surface area contributed by atoms with Crippen molar-refractivity contribution < 1.29 is 0 Å². The highest BCUT2D eigenvalue weighted by atomic mass is 15.4. The lowest BCUT2D eigenvalue weighted by Crippen LogP contribution is -2.07. The van der Waals surface area contributed by atoms with Crippen molar-refractivity contribution in [2.24, 2.45) is 0 Å². The molecule has 5 nitrogen and oxygen atoms in total. The van der Waals surface area contributed by atoms with E-state index < -0.39 is 0 Å². The Kier molecular flexibility index (Phi) is 1.25. The molecule has 3 heterocycles. The van der Waals surface area contributed by atoms with E-state index in [4.69, 9.17) is 0 Å². The van der Waals surface area contributed by atoms with Gasteiger partial charge >= 0.3 is 0 Å². The number of aryl methyl sites for hydroxylation is 1. The zero-order valence-electron chi connectivity index (χ0n) is 7.56. The van der Waals surface area contributed by atoms with Crippen LogP contribution in [-0.2, 0) is 0 Å². The topological polar surface area (TPSA) is 44.7 Å². The van der Waals surface area contributed by atoms with Crippen LogP contribution in [0.4, 0.5) is 11.9 Å². The summed E-state index contributed by atoms with van der Waals surface area (Å²) >= 11 is 0. The number of rotatable bonds is 2. The number of aromatic nitrogens is 3. The van der Waals surface area contributed by atoms with Crippen LogP contribution in [0, 0.1) is 6.92 Å². The summed E-state index contributed by atoms with van der Waals surface area (Å²) in [6, 6.07) is 0. The van der Waals surface area contributed by atoms with Crippen molar-refractivity contribution in [3.63, 3.8) is 0 Å². The molecular formula is C8H11N5. The SMILES string of the molecule is Cc1nc(N2CC2)nc(N2CC2)n1. The second kappa shape index (κ2) is 2.31. The summed E-state index contributed by atoms with van der Waals surface area (Å²) in [5.41, 5.74) is 0. The summed E-state index contributed by atoms with van der Waals surface area (Å²) in [4.78, 5) is 17.2. The van der Waals surface area contributed by atoms with Gasteiger partial charge in [-0.2, -0.15) is 15.0 Å². The minimum absolute atomic E-state index is 0.818. The van der Waals surface area contributed by atoms with Gasteiger partial charge in [0.15, 0.2) is 0 Å². The van der Waals surface area contributed by atoms with Crippen LogP contribution in [0.25, 0.3) is 0 Å². The Bertz CT molecular complexity index is 312. The first-order valence-corrected chi connectivity index (χ1v) is 4.55. The molecule has 0 saturated carbocycles. The van der Waals surface area contributed by atoms with Crippen LogP contribution >= 0.6 is 0 Å². The summed E-state index contributed by atoms with van der Waals surface area (Å²) < 4.78 is 0. The third-order valence-corrected chi connectivity index (χ3v) is 2.18. The Morgan fingerprint density at radius 1 is 0.846 bits per heavy atom. The molecule has 0 aromatic carbocycles. The smallest absolute Gasteiger partial charge is 0.230 e. The van der Waals surface area contributed by atoms with E-state index in [9.17, 15) is 0 Å². The number of anilines is 2. The normalized spacial score (nSPS) is 19.2. The van der Waals surface area contributed by atoms with Crippen LogP contribution in [0.1, 0.15) is 5.82 Å². The third-order valence-electron chi connectivity index (χ3n) is 2.18. The minimum Gasteiger partial charge on any atom is -0.337 e. The molecule has 0 aliphatic carbocycles. The van der Waals surface area contributed by atoms with Gasteiger partial charge in [0.05, 0.1) is 0 Å². The van der Waals surface area contributed by atoms with Gasteiger partial charge in [0.2, 0.25) is 11.9 Å². The summed E-state index contributed by atoms with van der Waals surface area (Å²) in [7, 11) is 0. The van der Waals surface area contributed by atoms with E-state index in [2.05, 4.69) is 24.8 Å². The Hall–Kier alpha value is -1.39. The second-order valence-corrected chi connectivity index (χ2v) is 3.46. The van der Waals surface area contributed by atoms with Crippen LogP contribution in [0.2, 0.25) is 0 Å². The van der Waals surface area contributed by atoms with Crippen molar-refractivity contribution in [1.82, 2.24) is 15.0 Å². The summed E-state index contributed by atoms with van der Waals surface area (Å²) in [5.74, 6) is 2.50. The van der Waals surface area contributed by atoms with Crippen molar-refractivity contribution in [2.75, 3.05) is 36.0 Å². The van der Waals surface area contributed by atoms with E-state index in [0.29, 0.717) is 0 Å². The van der Waals surface area contributed by atoms with Gasteiger partial charge in [-0.3, -0.25) is 0 Å². The van der Waals surface area contributed by atoms with Gasteiger partial charge in [-0.05, 0) is 6.92 Å². The van der Waals surface area contributed by atoms with E-state index in [1.807, 2.05) is 6.92 Å². The van der Waals surface area contributed by atoms with E-state index >= 15 is 0 Å². The highest BCUT2D eigenvalue weighted by Crippen LogP contribution is 2.21. The van der Waals surface area contributed by atoms with Crippen molar-refractivity contribution in [3.05, 3.63) is 5.82 Å². The summed E-state index contributed by atoms with van der Waals surface area (Å²) in [6.45, 7) is 6.26. The zero-order chi connectivity index (χ0) is 8.84. The highest BCUT2D eigenvalue weighted by molar-refractivity contribution is 5.45. The fraction of sp³-hybridized carbons (Fsp3) is 0.625. The molecule has 2 fully saturated rings. The summed E-state index contributed by atoms with van der Waals surface area (Å²) in [6.07, 6.45) is 0. The van der Waals surface area contributed by atoms with Gasteiger partial charge in [0.25, 0.3) is 0 Å². The maximum absolute atomic E-state index is 4.39. The fourth-order valence-electron chi connectivity index (χ4n) is 1.24. The van der Waals surface area contributed by atoms with Crippen LogP contribution < -0.4 is 9.80 Å². The van der Waals surface area contributed by atoms with Gasteiger partial charge < -0.3 is 9.80 Å². The molecule has 0 atom stereocenters. The van der Waals surface area contributed by atoms with Crippen molar-refractivity contribution in [3.8, 4) is 0 Å². The first kappa shape index (κ1) is 7.06. The lowest BCUT2D eigenvalue weighted by molar-refractivity contribution is 0.947. The van der Waals surface area contributed by atoms with Crippen LogP contribution in [-0.4, -0.2) is 41.1 Å². The molecule has 1 aromatic heterocycles. The van der Waals surface area contributed by atoms with E-state index in [1.54, 1.807) is 0 Å². The fourth-order valence-corrected chi connectivity index (χ4v) is 1.24. The lowest BCUT2D eigenvalue weighted by atomic mass is 10.7. The number of hydrogen-bond donors (Lipinski definition) is 0. The predicted octanol–water partition coefficient (Wildman–Crippen LogP) is -0.180. The standard InChI is InChI=1S/C8H11N5/c1-6-9-7(12-2-3-12)11-8(10-6)13-4-5-13/h2-5H2,1H3. The van der Waals surface area contributed by atoms with Crippen LogP contribution in [0.5, 0.6) is 0 Å². The van der Waals surface area contributed by atoms with Crippen molar-refractivity contribution >= 4 is 11.9 Å². The molecule has 0 amide bonds. The third kappa shape index (κ3) is 1.30. The van der Waals surface area contributed by atoms with Gasteiger partial charge in [0, 0.05) is 26.2 Å². The second-order valence-electron chi connectivity index (χ2n) is 3.46. The molecule has 13 heavy (non-hydrogen) atoms. The highest BCUT2D eigenvalue weighted by Gasteiger charge is 2.26. The average molecular weight is 177 g/mol. The average Bonchev–Trinajstić information content (AvgIpc) is 2.98. The maximum atomic E-state index is 4.39. The van der Waals surface area contributed by atoms with E-state index in [1.165, 1.54) is 0 Å². The zero-order valence-corrected chi connectivity index (χ0v) is 7.56. The minimum atomic E-state index is 0.818. The largest absolute Gasteiger partial charge is 0.337 e. The summed E-state index contributed by atoms with van der Waals surface area (Å²) in [5, 5.41) is 0. The van der Waals surface area contributed by atoms with E-state index in [0.717, 1.165) is 43.9 Å². The first-order valence-electron chi connectivity index (χ1n) is 4.55. The molecule has 0 spiro atoms. The lowest BCUT2D eigenvalue weighted by Gasteiger charge is -2.05. The molecule has 2 aliphatic heterocycles. The molecule has 2 saturated heterocycles. The Labute approximate surface area is 76.4 Å². The Morgan fingerprint density at radius 3 is 1.69 bits per heavy atom. The molecule has 0 unspecified atom stereocenters. The monoisotopic (exact) mass is 177 g/mol. The van der Waals surface area contributed by atoms with Crippen LogP contribution in [0.15, 0.2) is 0 Å². The molecular weight excluding hydrogens is 166 g/mol. The molecule has 2 aliphatic rings. The van der Waals surface area contributed by atoms with Gasteiger partial charge in [0.1, 0.15) is 5.82 Å². The Morgan fingerprint density at radius 2 is 1.31 bits per heavy atom. The quantitative estimate of drug-likeness (QED) is 0.586. The van der Waals surface area contributed by atoms with Gasteiger partial charge in [-0.15, -0.1) is 0 Å². The molecule has 0 N–H and O–H groups in total. The molecule has 68 valence electrons. The van der Waals surface area contributed by atoms with Gasteiger partial charge in [-0.1, -0.05) is 0 Å². The van der Waals surface area contributed by atoms with Crippen molar-refractivity contribution in [2.45, 2.75) is 6.92 Å². The predicted molar refractivity (Wildman–Crippen MR) is 49.0 cm³/mol. The molecule has 1 aromatic rings. The number of nitrogens with zero attached hydrogens (tertiary/aromatic N) is 5. The van der Waals surface area contributed by atoms with Crippen LogP contribution in [0.3, 0.4) is 0 Å². The molecule has 5 heteroatoms. The Balaban J connectivity index is 1.99. The molecule has 0 bridgehead atoms. The van der Waals surface area contributed by atoms with Crippen molar-refractivity contribution in [1.29, 1.82) is 0 Å². The molecule has 3 rings (SSSR count).